The Morgan fingerprint density at radius 1 is 0.946 bits per heavy atom. The number of anilines is 1. The van der Waals surface area contributed by atoms with Crippen molar-refractivity contribution in [2.75, 3.05) is 18.6 Å². The third-order valence-corrected chi connectivity index (χ3v) is 6.78. The second-order valence-electron chi connectivity index (χ2n) is 8.58. The van der Waals surface area contributed by atoms with Crippen LogP contribution in [0.25, 0.3) is 11.1 Å². The number of carboxylic acids is 1. The summed E-state index contributed by atoms with van der Waals surface area (Å²) in [5.74, 6) is -0.259. The van der Waals surface area contributed by atoms with Crippen molar-refractivity contribution in [2.24, 2.45) is 0 Å². The molecule has 0 spiro atoms. The summed E-state index contributed by atoms with van der Waals surface area (Å²) in [5.41, 5.74) is 4.22. The van der Waals surface area contributed by atoms with Gasteiger partial charge in [0.2, 0.25) is 0 Å². The normalized spacial score (nSPS) is 12.4. The van der Waals surface area contributed by atoms with Crippen LogP contribution >= 0.6 is 11.6 Å². The van der Waals surface area contributed by atoms with Crippen LogP contribution in [-0.2, 0) is 13.1 Å². The van der Waals surface area contributed by atoms with E-state index in [0.29, 0.717) is 52.2 Å². The number of carbonyl (C=O) groups is 2. The first-order chi connectivity index (χ1) is 17.9. The van der Waals surface area contributed by atoms with E-state index in [4.69, 9.17) is 21.1 Å². The lowest BCUT2D eigenvalue weighted by molar-refractivity contribution is 0.0685. The zero-order valence-corrected chi connectivity index (χ0v) is 21.2. The number of halogens is 1. The second kappa shape index (κ2) is 10.0. The molecule has 1 N–H and O–H groups in total. The number of fused-ring (bicyclic) bond motifs is 2. The van der Waals surface area contributed by atoms with Gasteiger partial charge in [-0.25, -0.2) is 4.79 Å². The molecule has 0 radical (unpaired) electrons. The molecular formula is C29H25ClN2O5. The van der Waals surface area contributed by atoms with Gasteiger partial charge in [-0.1, -0.05) is 48.0 Å². The van der Waals surface area contributed by atoms with Crippen LogP contribution in [0, 0.1) is 0 Å². The first-order valence-electron chi connectivity index (χ1n) is 11.8. The van der Waals surface area contributed by atoms with E-state index in [2.05, 4.69) is 0 Å². The molecule has 7 nitrogen and oxygen atoms in total. The summed E-state index contributed by atoms with van der Waals surface area (Å²) in [6.07, 6.45) is 0. The van der Waals surface area contributed by atoms with Gasteiger partial charge in [0.1, 0.15) is 17.2 Å². The molecule has 188 valence electrons. The van der Waals surface area contributed by atoms with Crippen LogP contribution < -0.4 is 14.4 Å². The largest absolute Gasteiger partial charge is 0.496 e. The van der Waals surface area contributed by atoms with Gasteiger partial charge in [0.15, 0.2) is 0 Å². The minimum atomic E-state index is -1.01. The minimum Gasteiger partial charge on any atom is -0.496 e. The number of carbonyl (C=O) groups excluding carboxylic acids is 1. The quantitative estimate of drug-likeness (QED) is 0.334. The molecule has 1 aliphatic rings. The van der Waals surface area contributed by atoms with E-state index in [-0.39, 0.29) is 18.1 Å². The molecule has 1 amide bonds. The van der Waals surface area contributed by atoms with Crippen LogP contribution in [0.1, 0.15) is 39.0 Å². The number of amides is 1. The third kappa shape index (κ3) is 4.42. The number of aromatic carboxylic acids is 1. The summed E-state index contributed by atoms with van der Waals surface area (Å²) in [6, 6.07) is 21.7. The molecule has 0 atom stereocenters. The molecule has 1 aromatic heterocycles. The highest BCUT2D eigenvalue weighted by Gasteiger charge is 2.29. The molecule has 0 aliphatic carbocycles. The maximum absolute atomic E-state index is 14.1. The standard InChI is InChI=1S/C29H25ClN2O5/c1-3-37-26-11-7-5-9-20(26)21-15-27(36-2)22(14-23(21)30)28(33)32-17-19-12-13-25(29(34)35)31(19)16-18-8-4-6-10-24(18)32/h4-15H,3,16-17H2,1-2H3,(H,34,35). The summed E-state index contributed by atoms with van der Waals surface area (Å²) in [4.78, 5) is 27.5. The van der Waals surface area contributed by atoms with Crippen molar-refractivity contribution < 1.29 is 24.2 Å². The van der Waals surface area contributed by atoms with E-state index in [1.165, 1.54) is 7.11 Å². The highest BCUT2D eigenvalue weighted by atomic mass is 35.5. The average Bonchev–Trinajstić information content (AvgIpc) is 3.22. The Morgan fingerprint density at radius 3 is 2.46 bits per heavy atom. The minimum absolute atomic E-state index is 0.178. The molecule has 0 saturated heterocycles. The lowest BCUT2D eigenvalue weighted by atomic mass is 10.0. The average molecular weight is 517 g/mol. The summed E-state index contributed by atoms with van der Waals surface area (Å²) < 4.78 is 13.2. The smallest absolute Gasteiger partial charge is 0.352 e. The van der Waals surface area contributed by atoms with Gasteiger partial charge in [0, 0.05) is 27.5 Å². The molecule has 0 unspecified atom stereocenters. The molecular weight excluding hydrogens is 492 g/mol. The Hall–Kier alpha value is -4.23. The van der Waals surface area contributed by atoms with Crippen molar-refractivity contribution >= 4 is 29.2 Å². The van der Waals surface area contributed by atoms with E-state index < -0.39 is 5.97 Å². The van der Waals surface area contributed by atoms with Crippen LogP contribution in [0.2, 0.25) is 5.02 Å². The lowest BCUT2D eigenvalue weighted by Crippen LogP contribution is -2.31. The molecule has 1 aliphatic heterocycles. The number of rotatable bonds is 6. The lowest BCUT2D eigenvalue weighted by Gasteiger charge is -2.24. The van der Waals surface area contributed by atoms with Crippen LogP contribution in [0.15, 0.2) is 72.8 Å². The highest BCUT2D eigenvalue weighted by Crippen LogP contribution is 2.40. The van der Waals surface area contributed by atoms with Gasteiger partial charge >= 0.3 is 5.97 Å². The highest BCUT2D eigenvalue weighted by molar-refractivity contribution is 6.34. The van der Waals surface area contributed by atoms with E-state index >= 15 is 0 Å². The number of carboxylic acid groups (broad SMARTS) is 1. The number of methoxy groups -OCH3 is 1. The Morgan fingerprint density at radius 2 is 1.70 bits per heavy atom. The maximum atomic E-state index is 14.1. The topological polar surface area (TPSA) is 81.0 Å². The fourth-order valence-corrected chi connectivity index (χ4v) is 5.01. The molecule has 2 heterocycles. The number of aromatic nitrogens is 1. The monoisotopic (exact) mass is 516 g/mol. The number of hydrogen-bond donors (Lipinski definition) is 1. The summed E-state index contributed by atoms with van der Waals surface area (Å²) in [7, 11) is 1.51. The number of nitrogens with zero attached hydrogens (tertiary/aromatic N) is 2. The predicted octanol–water partition coefficient (Wildman–Crippen LogP) is 6.12. The molecule has 37 heavy (non-hydrogen) atoms. The zero-order chi connectivity index (χ0) is 26.1. The van der Waals surface area contributed by atoms with Crippen LogP contribution in [0.3, 0.4) is 0 Å². The predicted molar refractivity (Wildman–Crippen MR) is 142 cm³/mol. The van der Waals surface area contributed by atoms with Gasteiger partial charge in [0.25, 0.3) is 5.91 Å². The van der Waals surface area contributed by atoms with Crippen molar-refractivity contribution in [1.82, 2.24) is 4.57 Å². The van der Waals surface area contributed by atoms with Gasteiger partial charge in [0.05, 0.1) is 32.4 Å². The fraction of sp³-hybridized carbons (Fsp3) is 0.172. The van der Waals surface area contributed by atoms with Crippen LogP contribution in [0.5, 0.6) is 11.5 Å². The van der Waals surface area contributed by atoms with Gasteiger partial charge in [-0.15, -0.1) is 0 Å². The molecule has 0 fully saturated rings. The molecule has 0 bridgehead atoms. The number of ether oxygens (including phenoxy) is 2. The summed E-state index contributed by atoms with van der Waals surface area (Å²) >= 11 is 6.75. The maximum Gasteiger partial charge on any atom is 0.352 e. The molecule has 5 rings (SSSR count). The van der Waals surface area contributed by atoms with Gasteiger partial charge in [-0.05, 0) is 48.9 Å². The number of benzene rings is 3. The fourth-order valence-electron chi connectivity index (χ4n) is 4.74. The first-order valence-corrected chi connectivity index (χ1v) is 12.2. The van der Waals surface area contributed by atoms with Crippen LogP contribution in [0.4, 0.5) is 5.69 Å². The van der Waals surface area contributed by atoms with E-state index in [0.717, 1.165) is 11.1 Å². The van der Waals surface area contributed by atoms with Gasteiger partial charge in [-0.3, -0.25) is 4.79 Å². The Labute approximate surface area is 219 Å². The molecule has 4 aromatic rings. The molecule has 3 aromatic carbocycles. The van der Waals surface area contributed by atoms with Gasteiger partial charge in [-0.2, -0.15) is 0 Å². The Kier molecular flexibility index (Phi) is 6.63. The van der Waals surface area contributed by atoms with Crippen molar-refractivity contribution in [2.45, 2.75) is 20.0 Å². The summed E-state index contributed by atoms with van der Waals surface area (Å²) in [5, 5.41) is 10.0. The van der Waals surface area contributed by atoms with Crippen molar-refractivity contribution in [3.63, 3.8) is 0 Å². The SMILES string of the molecule is CCOc1ccccc1-c1cc(OC)c(C(=O)N2Cc3ccc(C(=O)O)n3Cc3ccccc32)cc1Cl. The third-order valence-electron chi connectivity index (χ3n) is 6.46. The summed E-state index contributed by atoms with van der Waals surface area (Å²) in [6.45, 7) is 2.95. The molecule has 8 heteroatoms. The first kappa shape index (κ1) is 24.5. The second-order valence-corrected chi connectivity index (χ2v) is 8.99. The van der Waals surface area contributed by atoms with Crippen molar-refractivity contribution in [3.8, 4) is 22.6 Å². The van der Waals surface area contributed by atoms with E-state index in [1.807, 2.05) is 55.5 Å². The Bertz CT molecular complexity index is 1510. The van der Waals surface area contributed by atoms with Crippen molar-refractivity contribution in [3.05, 3.63) is 100 Å². The zero-order valence-electron chi connectivity index (χ0n) is 20.4. The van der Waals surface area contributed by atoms with Gasteiger partial charge < -0.3 is 24.0 Å². The Balaban J connectivity index is 1.60. The van der Waals surface area contributed by atoms with Crippen molar-refractivity contribution in [1.29, 1.82) is 0 Å². The van der Waals surface area contributed by atoms with E-state index in [9.17, 15) is 14.7 Å². The number of para-hydroxylation sites is 2. The molecule has 0 saturated carbocycles. The number of hydrogen-bond acceptors (Lipinski definition) is 4. The van der Waals surface area contributed by atoms with Crippen LogP contribution in [-0.4, -0.2) is 35.3 Å². The van der Waals surface area contributed by atoms with E-state index in [1.54, 1.807) is 33.7 Å².